The second-order valence-electron chi connectivity index (χ2n) is 8.33. The van der Waals surface area contributed by atoms with Crippen LogP contribution in [-0.2, 0) is 21.4 Å². The maximum atomic E-state index is 13.5. The van der Waals surface area contributed by atoms with Gasteiger partial charge in [0.05, 0.1) is 17.1 Å². The molecule has 0 radical (unpaired) electrons. The normalized spacial score (nSPS) is 15.4. The number of carbonyl (C=O) groups excluding carboxylic acids is 1. The number of nitrogens with zero attached hydrogens (tertiary/aromatic N) is 1. The molecule has 0 saturated carbocycles. The Morgan fingerprint density at radius 1 is 0.941 bits per heavy atom. The van der Waals surface area contributed by atoms with Crippen LogP contribution in [0, 0.1) is 6.92 Å². The number of rotatable bonds is 5. The molecule has 1 atom stereocenters. The molecule has 1 aliphatic heterocycles. The largest absolute Gasteiger partial charge is 0.476 e. The fourth-order valence-electron chi connectivity index (χ4n) is 4.10. The van der Waals surface area contributed by atoms with Crippen LogP contribution in [0.1, 0.15) is 11.1 Å². The standard InChI is InChI=1S/C27H24N2O4S/c1-19-11-14-25-24(15-19)29(34(31,32)23-9-3-2-4-10-23)18-26(33-25)27(30)28-17-20-12-13-21-7-5-6-8-22(21)16-20/h2-16,26H,17-18H2,1H3,(H,28,30)/t26-/m1/s1. The fourth-order valence-corrected chi connectivity index (χ4v) is 5.59. The van der Waals surface area contributed by atoms with Gasteiger partial charge in [-0.05, 0) is 59.2 Å². The first-order chi connectivity index (χ1) is 16.4. The van der Waals surface area contributed by atoms with Crippen molar-refractivity contribution in [2.75, 3.05) is 10.8 Å². The number of carbonyl (C=O) groups is 1. The molecular weight excluding hydrogens is 448 g/mol. The molecule has 1 amide bonds. The fraction of sp³-hybridized carbons (Fsp3) is 0.148. The molecule has 6 nitrogen and oxygen atoms in total. The van der Waals surface area contributed by atoms with Crippen LogP contribution < -0.4 is 14.4 Å². The lowest BCUT2D eigenvalue weighted by Gasteiger charge is -2.35. The summed E-state index contributed by atoms with van der Waals surface area (Å²) in [4.78, 5) is 13.2. The zero-order valence-electron chi connectivity index (χ0n) is 18.6. The zero-order valence-corrected chi connectivity index (χ0v) is 19.5. The molecule has 4 aromatic rings. The Morgan fingerprint density at radius 2 is 1.68 bits per heavy atom. The van der Waals surface area contributed by atoms with E-state index in [0.29, 0.717) is 18.0 Å². The van der Waals surface area contributed by atoms with Gasteiger partial charge in [0.1, 0.15) is 5.75 Å². The van der Waals surface area contributed by atoms with Crippen molar-refractivity contribution in [3.63, 3.8) is 0 Å². The summed E-state index contributed by atoms with van der Waals surface area (Å²) in [6, 6.07) is 27.6. The van der Waals surface area contributed by atoms with E-state index in [1.807, 2.05) is 55.5 Å². The third kappa shape index (κ3) is 4.22. The molecule has 172 valence electrons. The second kappa shape index (κ2) is 8.83. The highest BCUT2D eigenvalue weighted by atomic mass is 32.2. The molecule has 0 bridgehead atoms. The van der Waals surface area contributed by atoms with Gasteiger partial charge in [0.15, 0.2) is 6.10 Å². The minimum atomic E-state index is -3.88. The second-order valence-corrected chi connectivity index (χ2v) is 10.2. The summed E-state index contributed by atoms with van der Waals surface area (Å²) in [7, 11) is -3.88. The van der Waals surface area contributed by atoms with Crippen LogP contribution in [0.3, 0.4) is 0 Å². The summed E-state index contributed by atoms with van der Waals surface area (Å²) in [6.07, 6.45) is -0.978. The number of nitrogens with one attached hydrogen (secondary N) is 1. The summed E-state index contributed by atoms with van der Waals surface area (Å²) in [5, 5.41) is 5.12. The number of benzene rings is 4. The van der Waals surface area contributed by atoms with E-state index >= 15 is 0 Å². The first-order valence-electron chi connectivity index (χ1n) is 11.0. The van der Waals surface area contributed by atoms with Crippen molar-refractivity contribution in [1.29, 1.82) is 0 Å². The van der Waals surface area contributed by atoms with Gasteiger partial charge in [-0.1, -0.05) is 60.7 Å². The van der Waals surface area contributed by atoms with Crippen LogP contribution in [-0.4, -0.2) is 27.0 Å². The van der Waals surface area contributed by atoms with E-state index in [-0.39, 0.29) is 17.3 Å². The van der Waals surface area contributed by atoms with E-state index in [9.17, 15) is 13.2 Å². The van der Waals surface area contributed by atoms with Crippen LogP contribution in [0.15, 0.2) is 95.9 Å². The predicted molar refractivity (Wildman–Crippen MR) is 132 cm³/mol. The molecule has 1 heterocycles. The predicted octanol–water partition coefficient (Wildman–Crippen LogP) is 4.42. The number of sulfonamides is 1. The van der Waals surface area contributed by atoms with Crippen LogP contribution in [0.25, 0.3) is 10.8 Å². The number of fused-ring (bicyclic) bond motifs is 2. The van der Waals surface area contributed by atoms with Crippen LogP contribution in [0.2, 0.25) is 0 Å². The molecule has 0 aromatic heterocycles. The SMILES string of the molecule is Cc1ccc2c(c1)N(S(=O)(=O)c1ccccc1)C[C@H](C(=O)NCc1ccc3ccccc3c1)O2. The van der Waals surface area contributed by atoms with Gasteiger partial charge in [0.2, 0.25) is 0 Å². The highest BCUT2D eigenvalue weighted by Crippen LogP contribution is 2.37. The molecular formula is C27H24N2O4S. The molecule has 0 fully saturated rings. The lowest BCUT2D eigenvalue weighted by Crippen LogP contribution is -2.50. The van der Waals surface area contributed by atoms with E-state index in [1.54, 1.807) is 42.5 Å². The Labute approximate surface area is 198 Å². The average Bonchev–Trinajstić information content (AvgIpc) is 2.87. The lowest BCUT2D eigenvalue weighted by atomic mass is 10.1. The molecule has 34 heavy (non-hydrogen) atoms. The van der Waals surface area contributed by atoms with Gasteiger partial charge < -0.3 is 10.1 Å². The van der Waals surface area contributed by atoms with E-state index < -0.39 is 16.1 Å². The van der Waals surface area contributed by atoms with Gasteiger partial charge in [0.25, 0.3) is 15.9 Å². The van der Waals surface area contributed by atoms with Crippen molar-refractivity contribution < 1.29 is 17.9 Å². The van der Waals surface area contributed by atoms with Gasteiger partial charge in [-0.15, -0.1) is 0 Å². The Bertz CT molecular complexity index is 1470. The van der Waals surface area contributed by atoms with Gasteiger partial charge >= 0.3 is 0 Å². The summed E-state index contributed by atoms with van der Waals surface area (Å²) in [6.45, 7) is 2.09. The average molecular weight is 473 g/mol. The zero-order chi connectivity index (χ0) is 23.7. The van der Waals surface area contributed by atoms with E-state index in [1.165, 1.54) is 4.31 Å². The summed E-state index contributed by atoms with van der Waals surface area (Å²) in [5.74, 6) is -0.00476. The first-order valence-corrected chi connectivity index (χ1v) is 12.5. The highest BCUT2D eigenvalue weighted by Gasteiger charge is 2.37. The maximum Gasteiger partial charge on any atom is 0.264 e. The maximum absolute atomic E-state index is 13.5. The Kier molecular flexibility index (Phi) is 5.71. The number of hydrogen-bond donors (Lipinski definition) is 1. The molecule has 4 aromatic carbocycles. The number of aryl methyl sites for hydroxylation is 1. The van der Waals surface area contributed by atoms with E-state index in [2.05, 4.69) is 5.32 Å². The van der Waals surface area contributed by atoms with Crippen LogP contribution in [0.4, 0.5) is 5.69 Å². The summed E-state index contributed by atoms with van der Waals surface area (Å²) >= 11 is 0. The van der Waals surface area contributed by atoms with Gasteiger partial charge in [-0.3, -0.25) is 9.10 Å². The van der Waals surface area contributed by atoms with Gasteiger partial charge in [0, 0.05) is 6.54 Å². The number of amides is 1. The highest BCUT2D eigenvalue weighted by molar-refractivity contribution is 7.92. The number of anilines is 1. The molecule has 0 spiro atoms. The minimum absolute atomic E-state index is 0.114. The first kappa shape index (κ1) is 22.0. The monoisotopic (exact) mass is 472 g/mol. The van der Waals surface area contributed by atoms with Crippen molar-refractivity contribution in [1.82, 2.24) is 5.32 Å². The lowest BCUT2D eigenvalue weighted by molar-refractivity contribution is -0.127. The van der Waals surface area contributed by atoms with E-state index in [4.69, 9.17) is 4.74 Å². The molecule has 1 N–H and O–H groups in total. The summed E-state index contributed by atoms with van der Waals surface area (Å²) in [5.41, 5.74) is 2.28. The van der Waals surface area contributed by atoms with Crippen LogP contribution in [0.5, 0.6) is 5.75 Å². The van der Waals surface area contributed by atoms with Crippen molar-refractivity contribution in [2.24, 2.45) is 0 Å². The van der Waals surface area contributed by atoms with Gasteiger partial charge in [-0.25, -0.2) is 8.42 Å². The van der Waals surface area contributed by atoms with Crippen molar-refractivity contribution in [2.45, 2.75) is 24.5 Å². The quantitative estimate of drug-likeness (QED) is 0.467. The molecule has 5 rings (SSSR count). The topological polar surface area (TPSA) is 75.7 Å². The van der Waals surface area contributed by atoms with Crippen molar-refractivity contribution in [3.8, 4) is 5.75 Å². The molecule has 0 aliphatic carbocycles. The number of hydrogen-bond acceptors (Lipinski definition) is 4. The minimum Gasteiger partial charge on any atom is -0.476 e. The van der Waals surface area contributed by atoms with Crippen molar-refractivity contribution >= 4 is 32.4 Å². The molecule has 0 saturated heterocycles. The molecule has 0 unspecified atom stereocenters. The van der Waals surface area contributed by atoms with Crippen LogP contribution >= 0.6 is 0 Å². The Hall–Kier alpha value is -3.84. The van der Waals surface area contributed by atoms with Crippen molar-refractivity contribution in [3.05, 3.63) is 102 Å². The van der Waals surface area contributed by atoms with Gasteiger partial charge in [-0.2, -0.15) is 0 Å². The summed E-state index contributed by atoms with van der Waals surface area (Å²) < 4.78 is 34.2. The Balaban J connectivity index is 1.40. The third-order valence-corrected chi connectivity index (χ3v) is 7.68. The third-order valence-electron chi connectivity index (χ3n) is 5.89. The van der Waals surface area contributed by atoms with E-state index in [0.717, 1.165) is 21.9 Å². The smallest absolute Gasteiger partial charge is 0.264 e. The number of ether oxygens (including phenoxy) is 1. The molecule has 7 heteroatoms. The molecule has 1 aliphatic rings. The Morgan fingerprint density at radius 3 is 2.47 bits per heavy atom.